The molecule has 108 valence electrons. The van der Waals surface area contributed by atoms with Crippen LogP contribution in [0, 0.1) is 5.92 Å². The number of nitrogens with two attached hydrogens (primary N) is 1. The monoisotopic (exact) mass is 277 g/mol. The second-order valence-electron chi connectivity index (χ2n) is 5.11. The van der Waals surface area contributed by atoms with E-state index >= 15 is 0 Å². The molecule has 1 aliphatic heterocycles. The third kappa shape index (κ3) is 3.69. The van der Waals surface area contributed by atoms with Crippen LogP contribution in [0.1, 0.15) is 36.2 Å². The first-order valence-corrected chi connectivity index (χ1v) is 6.80. The summed E-state index contributed by atoms with van der Waals surface area (Å²) >= 11 is 0. The molecule has 2 rings (SSSR count). The summed E-state index contributed by atoms with van der Waals surface area (Å²) < 4.78 is 0. The molecular weight excluding hydrogens is 258 g/mol. The lowest BCUT2D eigenvalue weighted by atomic mass is 9.92. The molecule has 0 saturated carbocycles. The Labute approximate surface area is 117 Å². The lowest BCUT2D eigenvalue weighted by Crippen LogP contribution is -2.34. The van der Waals surface area contributed by atoms with E-state index < -0.39 is 11.9 Å². The maximum Gasteiger partial charge on any atom is 0.303 e. The highest BCUT2D eigenvalue weighted by atomic mass is 16.4. The molecule has 1 aliphatic rings. The number of aromatic nitrogens is 1. The van der Waals surface area contributed by atoms with Crippen LogP contribution in [0.4, 0.5) is 5.82 Å². The molecule has 3 N–H and O–H groups in total. The summed E-state index contributed by atoms with van der Waals surface area (Å²) in [5.74, 6) is -0.0360. The second-order valence-corrected chi connectivity index (χ2v) is 5.11. The number of carbonyl (C=O) groups is 2. The predicted octanol–water partition coefficient (Wildman–Crippen LogP) is 1.26. The number of anilines is 1. The van der Waals surface area contributed by atoms with Crippen LogP contribution in [-0.4, -0.2) is 35.1 Å². The van der Waals surface area contributed by atoms with Crippen LogP contribution in [0.25, 0.3) is 0 Å². The summed E-state index contributed by atoms with van der Waals surface area (Å²) in [5, 5.41) is 8.69. The van der Waals surface area contributed by atoms with Gasteiger partial charge in [0.05, 0.1) is 0 Å². The SMILES string of the molecule is NC(=O)c1cccc(N2CCC(CCC(=O)O)CC2)n1. The molecule has 1 amide bonds. The van der Waals surface area contributed by atoms with Gasteiger partial charge in [0.25, 0.3) is 5.91 Å². The third-order valence-corrected chi connectivity index (χ3v) is 3.69. The van der Waals surface area contributed by atoms with Crippen molar-refractivity contribution in [3.8, 4) is 0 Å². The third-order valence-electron chi connectivity index (χ3n) is 3.69. The number of aliphatic carboxylic acids is 1. The molecule has 6 heteroatoms. The Bertz CT molecular complexity index is 496. The molecule has 0 bridgehead atoms. The number of primary amides is 1. The molecule has 0 unspecified atom stereocenters. The number of pyridine rings is 1. The normalized spacial score (nSPS) is 16.1. The van der Waals surface area contributed by atoms with Crippen molar-refractivity contribution < 1.29 is 14.7 Å². The van der Waals surface area contributed by atoms with Crippen molar-refractivity contribution in [2.75, 3.05) is 18.0 Å². The van der Waals surface area contributed by atoms with Crippen molar-refractivity contribution in [2.24, 2.45) is 11.7 Å². The van der Waals surface area contributed by atoms with Crippen LogP contribution in [-0.2, 0) is 4.79 Å². The van der Waals surface area contributed by atoms with Gasteiger partial charge < -0.3 is 15.7 Å². The largest absolute Gasteiger partial charge is 0.481 e. The number of nitrogens with zero attached hydrogens (tertiary/aromatic N) is 2. The second kappa shape index (κ2) is 6.36. The summed E-state index contributed by atoms with van der Waals surface area (Å²) in [7, 11) is 0. The van der Waals surface area contributed by atoms with Crippen molar-refractivity contribution in [2.45, 2.75) is 25.7 Å². The van der Waals surface area contributed by atoms with Gasteiger partial charge >= 0.3 is 5.97 Å². The van der Waals surface area contributed by atoms with E-state index in [1.54, 1.807) is 12.1 Å². The first-order valence-electron chi connectivity index (χ1n) is 6.80. The van der Waals surface area contributed by atoms with Crippen molar-refractivity contribution in [3.05, 3.63) is 23.9 Å². The van der Waals surface area contributed by atoms with Crippen molar-refractivity contribution in [1.82, 2.24) is 4.98 Å². The molecule has 0 aliphatic carbocycles. The molecule has 0 spiro atoms. The number of piperidine rings is 1. The molecule has 0 aromatic carbocycles. The van der Waals surface area contributed by atoms with Crippen LogP contribution in [0.15, 0.2) is 18.2 Å². The van der Waals surface area contributed by atoms with Gasteiger partial charge in [-0.25, -0.2) is 4.98 Å². The van der Waals surface area contributed by atoms with Crippen LogP contribution in [0.3, 0.4) is 0 Å². The summed E-state index contributed by atoms with van der Waals surface area (Å²) in [4.78, 5) is 28.1. The first kappa shape index (κ1) is 14.3. The Morgan fingerprint density at radius 2 is 2.05 bits per heavy atom. The van der Waals surface area contributed by atoms with Crippen LogP contribution < -0.4 is 10.6 Å². The van der Waals surface area contributed by atoms with E-state index in [4.69, 9.17) is 10.8 Å². The number of amides is 1. The van der Waals surface area contributed by atoms with Gasteiger partial charge in [-0.05, 0) is 37.3 Å². The fraction of sp³-hybridized carbons (Fsp3) is 0.500. The Kier molecular flexibility index (Phi) is 4.55. The molecule has 6 nitrogen and oxygen atoms in total. The fourth-order valence-corrected chi connectivity index (χ4v) is 2.51. The molecule has 2 heterocycles. The van der Waals surface area contributed by atoms with Gasteiger partial charge in [0.15, 0.2) is 0 Å². The van der Waals surface area contributed by atoms with E-state index in [0.717, 1.165) is 38.2 Å². The number of rotatable bonds is 5. The molecule has 1 fully saturated rings. The fourth-order valence-electron chi connectivity index (χ4n) is 2.51. The highest BCUT2D eigenvalue weighted by Gasteiger charge is 2.21. The lowest BCUT2D eigenvalue weighted by molar-refractivity contribution is -0.137. The standard InChI is InChI=1S/C14H19N3O3/c15-14(20)11-2-1-3-12(16-11)17-8-6-10(7-9-17)4-5-13(18)19/h1-3,10H,4-9H2,(H2,15,20)(H,18,19). The lowest BCUT2D eigenvalue weighted by Gasteiger charge is -2.32. The first-order chi connectivity index (χ1) is 9.56. The van der Waals surface area contributed by atoms with E-state index in [1.165, 1.54) is 0 Å². The van der Waals surface area contributed by atoms with Crippen molar-refractivity contribution >= 4 is 17.7 Å². The van der Waals surface area contributed by atoms with Crippen molar-refractivity contribution in [1.29, 1.82) is 0 Å². The Hall–Kier alpha value is -2.11. The summed E-state index contributed by atoms with van der Waals surface area (Å²) in [5.41, 5.74) is 5.50. The van der Waals surface area contributed by atoms with Crippen LogP contribution in [0.2, 0.25) is 0 Å². The average Bonchev–Trinajstić information content (AvgIpc) is 2.46. The zero-order valence-corrected chi connectivity index (χ0v) is 11.3. The van der Waals surface area contributed by atoms with Gasteiger partial charge in [-0.1, -0.05) is 6.07 Å². The number of hydrogen-bond acceptors (Lipinski definition) is 4. The average molecular weight is 277 g/mol. The molecule has 0 atom stereocenters. The number of carbonyl (C=O) groups excluding carboxylic acids is 1. The quantitative estimate of drug-likeness (QED) is 0.844. The zero-order chi connectivity index (χ0) is 14.5. The maximum atomic E-state index is 11.1. The Balaban J connectivity index is 1.92. The van der Waals surface area contributed by atoms with Gasteiger partial charge in [0, 0.05) is 19.5 Å². The highest BCUT2D eigenvalue weighted by molar-refractivity contribution is 5.91. The van der Waals surface area contributed by atoms with E-state index in [0.29, 0.717) is 5.92 Å². The summed E-state index contributed by atoms with van der Waals surface area (Å²) in [6.45, 7) is 1.67. The topological polar surface area (TPSA) is 96.5 Å². The molecule has 1 aromatic rings. The number of carboxylic acid groups (broad SMARTS) is 1. The van der Waals surface area contributed by atoms with E-state index in [1.807, 2.05) is 6.07 Å². The molecule has 1 aromatic heterocycles. The summed E-state index contributed by atoms with van der Waals surface area (Å²) in [6.07, 6.45) is 2.88. The minimum absolute atomic E-state index is 0.236. The zero-order valence-electron chi connectivity index (χ0n) is 11.3. The molecule has 0 radical (unpaired) electrons. The van der Waals surface area contributed by atoms with Gasteiger partial charge in [0.1, 0.15) is 11.5 Å². The molecule has 20 heavy (non-hydrogen) atoms. The molecule has 1 saturated heterocycles. The van der Waals surface area contributed by atoms with Gasteiger partial charge in [-0.2, -0.15) is 0 Å². The van der Waals surface area contributed by atoms with Crippen LogP contribution >= 0.6 is 0 Å². The number of hydrogen-bond donors (Lipinski definition) is 2. The minimum atomic E-state index is -0.733. The predicted molar refractivity (Wildman–Crippen MR) is 74.6 cm³/mol. The van der Waals surface area contributed by atoms with E-state index in [9.17, 15) is 9.59 Å². The van der Waals surface area contributed by atoms with Gasteiger partial charge in [0.2, 0.25) is 0 Å². The van der Waals surface area contributed by atoms with Gasteiger partial charge in [-0.3, -0.25) is 9.59 Å². The molecular formula is C14H19N3O3. The van der Waals surface area contributed by atoms with Gasteiger partial charge in [-0.15, -0.1) is 0 Å². The Morgan fingerprint density at radius 1 is 1.35 bits per heavy atom. The smallest absolute Gasteiger partial charge is 0.303 e. The van der Waals surface area contributed by atoms with Crippen LogP contribution in [0.5, 0.6) is 0 Å². The number of carboxylic acids is 1. The summed E-state index contributed by atoms with van der Waals surface area (Å²) in [6, 6.07) is 5.24. The minimum Gasteiger partial charge on any atom is -0.481 e. The maximum absolute atomic E-state index is 11.1. The highest BCUT2D eigenvalue weighted by Crippen LogP contribution is 2.25. The van der Waals surface area contributed by atoms with E-state index in [-0.39, 0.29) is 12.1 Å². The van der Waals surface area contributed by atoms with E-state index in [2.05, 4.69) is 9.88 Å². The van der Waals surface area contributed by atoms with Crippen molar-refractivity contribution in [3.63, 3.8) is 0 Å². The Morgan fingerprint density at radius 3 is 2.65 bits per heavy atom.